The van der Waals surface area contributed by atoms with Crippen molar-refractivity contribution < 1.29 is 29.5 Å². The number of rotatable bonds is 11. The van der Waals surface area contributed by atoms with Gasteiger partial charge in [0.05, 0.1) is 18.8 Å². The standard InChI is InChI=1S/C19H36O6/c1-6-7-8-9-10-13(4)24-14(5)19-18(22)17(21)16(20)15(25-19)11-23-12(2)3/h12-17,20-22H,6-11H2,1-5H3. The SMILES string of the molecule is CCCCCCC(C)OC(C)C1=C(O)C(O)C(O)C(COC(C)C)O1. The molecule has 0 aliphatic carbocycles. The third-order valence-corrected chi connectivity index (χ3v) is 4.38. The Bertz CT molecular complexity index is 409. The Morgan fingerprint density at radius 3 is 2.36 bits per heavy atom. The monoisotopic (exact) mass is 360 g/mol. The van der Waals surface area contributed by atoms with Crippen molar-refractivity contribution >= 4 is 0 Å². The van der Waals surface area contributed by atoms with Gasteiger partial charge in [0.1, 0.15) is 18.3 Å². The minimum atomic E-state index is -1.39. The van der Waals surface area contributed by atoms with Crippen LogP contribution in [0.1, 0.15) is 66.7 Å². The van der Waals surface area contributed by atoms with Crippen molar-refractivity contribution in [1.82, 2.24) is 0 Å². The smallest absolute Gasteiger partial charge is 0.165 e. The largest absolute Gasteiger partial charge is 0.506 e. The van der Waals surface area contributed by atoms with Gasteiger partial charge in [0.2, 0.25) is 0 Å². The number of aliphatic hydroxyl groups excluding tert-OH is 3. The number of unbranched alkanes of at least 4 members (excludes halogenated alkanes) is 3. The summed E-state index contributed by atoms with van der Waals surface area (Å²) < 4.78 is 17.1. The molecule has 0 spiro atoms. The molecule has 0 aromatic rings. The molecule has 1 aliphatic rings. The minimum absolute atomic E-state index is 0.0186. The Balaban J connectivity index is 2.63. The maximum absolute atomic E-state index is 10.2. The minimum Gasteiger partial charge on any atom is -0.506 e. The predicted octanol–water partition coefficient (Wildman–Crippen LogP) is 3.07. The van der Waals surface area contributed by atoms with E-state index in [1.165, 1.54) is 19.3 Å². The van der Waals surface area contributed by atoms with Crippen molar-refractivity contribution in [2.75, 3.05) is 6.61 Å². The van der Waals surface area contributed by atoms with E-state index in [1.807, 2.05) is 20.8 Å². The lowest BCUT2D eigenvalue weighted by Crippen LogP contribution is -2.48. The molecule has 0 saturated heterocycles. The molecule has 0 bridgehead atoms. The van der Waals surface area contributed by atoms with Gasteiger partial charge in [-0.1, -0.05) is 32.6 Å². The third kappa shape index (κ3) is 7.13. The average molecular weight is 360 g/mol. The zero-order valence-corrected chi connectivity index (χ0v) is 16.3. The molecule has 3 N–H and O–H groups in total. The van der Waals surface area contributed by atoms with Gasteiger partial charge in [0.25, 0.3) is 0 Å². The van der Waals surface area contributed by atoms with E-state index < -0.39 is 24.4 Å². The van der Waals surface area contributed by atoms with Crippen molar-refractivity contribution in [3.05, 3.63) is 11.5 Å². The van der Waals surface area contributed by atoms with Gasteiger partial charge in [-0.15, -0.1) is 0 Å². The van der Waals surface area contributed by atoms with E-state index in [4.69, 9.17) is 14.2 Å². The molecule has 6 nitrogen and oxygen atoms in total. The molecular formula is C19H36O6. The van der Waals surface area contributed by atoms with Crippen LogP contribution < -0.4 is 0 Å². The van der Waals surface area contributed by atoms with Gasteiger partial charge >= 0.3 is 0 Å². The van der Waals surface area contributed by atoms with Gasteiger partial charge in [-0.2, -0.15) is 0 Å². The molecule has 0 aromatic carbocycles. The first kappa shape index (κ1) is 22.2. The molecule has 148 valence electrons. The van der Waals surface area contributed by atoms with Crippen molar-refractivity contribution in [3.8, 4) is 0 Å². The summed E-state index contributed by atoms with van der Waals surface area (Å²) in [4.78, 5) is 0. The molecule has 25 heavy (non-hydrogen) atoms. The highest BCUT2D eigenvalue weighted by atomic mass is 16.6. The molecule has 1 rings (SSSR count). The second-order valence-electron chi connectivity index (χ2n) is 7.16. The third-order valence-electron chi connectivity index (χ3n) is 4.38. The first-order valence-corrected chi connectivity index (χ1v) is 9.50. The van der Waals surface area contributed by atoms with Crippen LogP contribution in [0.5, 0.6) is 0 Å². The summed E-state index contributed by atoms with van der Waals surface area (Å²) in [7, 11) is 0. The number of ether oxygens (including phenoxy) is 3. The summed E-state index contributed by atoms with van der Waals surface area (Å²) in [5.41, 5.74) is 0. The zero-order valence-electron chi connectivity index (χ0n) is 16.3. The number of hydrogen-bond acceptors (Lipinski definition) is 6. The van der Waals surface area contributed by atoms with Crippen LogP contribution in [0, 0.1) is 0 Å². The molecule has 1 aliphatic heterocycles. The molecule has 0 amide bonds. The fourth-order valence-corrected chi connectivity index (χ4v) is 2.86. The van der Waals surface area contributed by atoms with Crippen LogP contribution in [0.3, 0.4) is 0 Å². The average Bonchev–Trinajstić information content (AvgIpc) is 2.55. The molecule has 0 fully saturated rings. The van der Waals surface area contributed by atoms with Crippen molar-refractivity contribution in [3.63, 3.8) is 0 Å². The lowest BCUT2D eigenvalue weighted by Gasteiger charge is -2.36. The highest BCUT2D eigenvalue weighted by molar-refractivity contribution is 5.16. The summed E-state index contributed by atoms with van der Waals surface area (Å²) in [5.74, 6) is -0.186. The fourth-order valence-electron chi connectivity index (χ4n) is 2.86. The first-order valence-electron chi connectivity index (χ1n) is 9.50. The Morgan fingerprint density at radius 2 is 1.76 bits per heavy atom. The molecule has 5 atom stereocenters. The van der Waals surface area contributed by atoms with Crippen molar-refractivity contribution in [1.29, 1.82) is 0 Å². The van der Waals surface area contributed by atoms with Crippen LogP contribution in [0.15, 0.2) is 11.5 Å². The van der Waals surface area contributed by atoms with Crippen LogP contribution in [0.2, 0.25) is 0 Å². The van der Waals surface area contributed by atoms with E-state index in [2.05, 4.69) is 6.92 Å². The Labute approximate surface area is 151 Å². The van der Waals surface area contributed by atoms with E-state index >= 15 is 0 Å². The highest BCUT2D eigenvalue weighted by Crippen LogP contribution is 2.28. The molecule has 6 heteroatoms. The maximum atomic E-state index is 10.2. The van der Waals surface area contributed by atoms with Crippen LogP contribution in [-0.2, 0) is 14.2 Å². The van der Waals surface area contributed by atoms with Gasteiger partial charge in [-0.3, -0.25) is 0 Å². The molecular weight excluding hydrogens is 324 g/mol. The number of hydrogen-bond donors (Lipinski definition) is 3. The lowest BCUT2D eigenvalue weighted by atomic mass is 10.0. The van der Waals surface area contributed by atoms with E-state index in [0.717, 1.165) is 12.8 Å². The summed E-state index contributed by atoms with van der Waals surface area (Å²) >= 11 is 0. The van der Waals surface area contributed by atoms with Gasteiger partial charge in [0.15, 0.2) is 17.6 Å². The van der Waals surface area contributed by atoms with Crippen molar-refractivity contribution in [2.45, 2.75) is 103 Å². The highest BCUT2D eigenvalue weighted by Gasteiger charge is 2.40. The van der Waals surface area contributed by atoms with E-state index in [0.29, 0.717) is 0 Å². The van der Waals surface area contributed by atoms with Crippen molar-refractivity contribution in [2.24, 2.45) is 0 Å². The molecule has 0 radical (unpaired) electrons. The Hall–Kier alpha value is -0.820. The zero-order chi connectivity index (χ0) is 19.0. The van der Waals surface area contributed by atoms with E-state index in [-0.39, 0.29) is 30.3 Å². The van der Waals surface area contributed by atoms with Crippen LogP contribution in [0.25, 0.3) is 0 Å². The molecule has 1 heterocycles. The topological polar surface area (TPSA) is 88.4 Å². The Morgan fingerprint density at radius 1 is 1.08 bits per heavy atom. The fraction of sp³-hybridized carbons (Fsp3) is 0.895. The molecule has 0 saturated carbocycles. The first-order chi connectivity index (χ1) is 11.8. The molecule has 0 aromatic heterocycles. The number of aliphatic hydroxyl groups is 3. The maximum Gasteiger partial charge on any atom is 0.165 e. The van der Waals surface area contributed by atoms with Gasteiger partial charge in [-0.05, 0) is 34.1 Å². The Kier molecular flexibility index (Phi) is 9.79. The molecule has 5 unspecified atom stereocenters. The van der Waals surface area contributed by atoms with Gasteiger partial charge in [0, 0.05) is 0 Å². The summed E-state index contributed by atoms with van der Waals surface area (Å²) in [5, 5.41) is 30.3. The summed E-state index contributed by atoms with van der Waals surface area (Å²) in [6, 6.07) is 0. The lowest BCUT2D eigenvalue weighted by molar-refractivity contribution is -0.142. The van der Waals surface area contributed by atoms with Gasteiger partial charge in [-0.25, -0.2) is 0 Å². The van der Waals surface area contributed by atoms with Crippen LogP contribution in [-0.4, -0.2) is 58.6 Å². The predicted molar refractivity (Wildman–Crippen MR) is 96.4 cm³/mol. The van der Waals surface area contributed by atoms with E-state index in [9.17, 15) is 15.3 Å². The van der Waals surface area contributed by atoms with E-state index in [1.54, 1.807) is 6.92 Å². The summed E-state index contributed by atoms with van der Waals surface area (Å²) in [6.45, 7) is 9.84. The quantitative estimate of drug-likeness (QED) is 0.491. The van der Waals surface area contributed by atoms with Crippen LogP contribution >= 0.6 is 0 Å². The normalized spacial score (nSPS) is 26.6. The second kappa shape index (κ2) is 11.0. The van der Waals surface area contributed by atoms with Crippen LogP contribution in [0.4, 0.5) is 0 Å². The summed E-state index contributed by atoms with van der Waals surface area (Å²) in [6.07, 6.45) is 1.75. The van der Waals surface area contributed by atoms with Gasteiger partial charge < -0.3 is 29.5 Å². The second-order valence-corrected chi connectivity index (χ2v) is 7.16.